The third kappa shape index (κ3) is 1.90. The SMILES string of the molecule is C=C(C)CN=C(N)NC1C2Cc3ccccc3C21. The molecular formula is C15H19N3. The molecule has 0 radical (unpaired) electrons. The minimum atomic E-state index is 0.480. The summed E-state index contributed by atoms with van der Waals surface area (Å²) < 4.78 is 0. The van der Waals surface area contributed by atoms with Crippen molar-refractivity contribution in [1.82, 2.24) is 5.32 Å². The van der Waals surface area contributed by atoms with E-state index in [1.54, 1.807) is 0 Å². The van der Waals surface area contributed by atoms with Crippen molar-refractivity contribution in [3.63, 3.8) is 0 Å². The lowest BCUT2D eigenvalue weighted by atomic mass is 10.1. The second-order valence-corrected chi connectivity index (χ2v) is 5.42. The molecule has 3 rings (SSSR count). The van der Waals surface area contributed by atoms with E-state index < -0.39 is 0 Å². The van der Waals surface area contributed by atoms with Gasteiger partial charge in [0.05, 0.1) is 6.54 Å². The topological polar surface area (TPSA) is 50.4 Å². The van der Waals surface area contributed by atoms with Crippen LogP contribution in [0, 0.1) is 5.92 Å². The number of nitrogens with zero attached hydrogens (tertiary/aromatic N) is 1. The highest BCUT2D eigenvalue weighted by Gasteiger charge is 2.55. The minimum absolute atomic E-state index is 0.480. The molecule has 0 bridgehead atoms. The fourth-order valence-electron chi connectivity index (χ4n) is 2.98. The molecule has 0 amide bonds. The Balaban J connectivity index is 1.63. The molecule has 18 heavy (non-hydrogen) atoms. The molecule has 1 aromatic carbocycles. The van der Waals surface area contributed by atoms with Crippen LogP contribution >= 0.6 is 0 Å². The summed E-state index contributed by atoms with van der Waals surface area (Å²) in [7, 11) is 0. The number of fused-ring (bicyclic) bond motifs is 3. The number of hydrogen-bond donors (Lipinski definition) is 2. The van der Waals surface area contributed by atoms with Crippen LogP contribution in [0.3, 0.4) is 0 Å². The van der Waals surface area contributed by atoms with Gasteiger partial charge in [-0.3, -0.25) is 0 Å². The highest BCUT2D eigenvalue weighted by Crippen LogP contribution is 2.56. The van der Waals surface area contributed by atoms with Gasteiger partial charge in [-0.15, -0.1) is 0 Å². The van der Waals surface area contributed by atoms with Crippen LogP contribution in [-0.2, 0) is 6.42 Å². The second-order valence-electron chi connectivity index (χ2n) is 5.42. The Labute approximate surface area is 108 Å². The Morgan fingerprint density at radius 1 is 1.50 bits per heavy atom. The molecule has 1 fully saturated rings. The van der Waals surface area contributed by atoms with Gasteiger partial charge in [-0.05, 0) is 30.4 Å². The maximum atomic E-state index is 5.88. The Morgan fingerprint density at radius 3 is 3.06 bits per heavy atom. The summed E-state index contributed by atoms with van der Waals surface area (Å²) in [4.78, 5) is 4.27. The highest BCUT2D eigenvalue weighted by molar-refractivity contribution is 5.79. The van der Waals surface area contributed by atoms with Crippen LogP contribution in [-0.4, -0.2) is 18.5 Å². The fraction of sp³-hybridized carbons (Fsp3) is 0.400. The average Bonchev–Trinajstić information content (AvgIpc) is 2.85. The lowest BCUT2D eigenvalue weighted by molar-refractivity contribution is 0.742. The number of hydrogen-bond acceptors (Lipinski definition) is 1. The van der Waals surface area contributed by atoms with Crippen molar-refractivity contribution in [3.05, 3.63) is 47.5 Å². The van der Waals surface area contributed by atoms with Crippen molar-refractivity contribution in [2.75, 3.05) is 6.54 Å². The van der Waals surface area contributed by atoms with E-state index in [1.807, 2.05) is 6.92 Å². The van der Waals surface area contributed by atoms with Gasteiger partial charge in [0.15, 0.2) is 5.96 Å². The maximum absolute atomic E-state index is 5.88. The molecule has 0 saturated heterocycles. The van der Waals surface area contributed by atoms with Crippen molar-refractivity contribution in [2.24, 2.45) is 16.6 Å². The molecule has 0 aliphatic heterocycles. The first kappa shape index (κ1) is 11.3. The van der Waals surface area contributed by atoms with Gasteiger partial charge >= 0.3 is 0 Å². The molecule has 2 aliphatic rings. The third-order valence-corrected chi connectivity index (χ3v) is 3.87. The van der Waals surface area contributed by atoms with Gasteiger partial charge in [-0.1, -0.05) is 36.4 Å². The van der Waals surface area contributed by atoms with Crippen LogP contribution in [0.25, 0.3) is 0 Å². The predicted octanol–water partition coefficient (Wildman–Crippen LogP) is 1.81. The summed E-state index contributed by atoms with van der Waals surface area (Å²) >= 11 is 0. The van der Waals surface area contributed by atoms with E-state index in [9.17, 15) is 0 Å². The van der Waals surface area contributed by atoms with Crippen molar-refractivity contribution in [1.29, 1.82) is 0 Å². The quantitative estimate of drug-likeness (QED) is 0.482. The van der Waals surface area contributed by atoms with Crippen molar-refractivity contribution >= 4 is 5.96 Å². The molecule has 94 valence electrons. The normalized spacial score (nSPS) is 28.5. The zero-order valence-corrected chi connectivity index (χ0v) is 10.7. The summed E-state index contributed by atoms with van der Waals surface area (Å²) in [6, 6.07) is 9.19. The van der Waals surface area contributed by atoms with E-state index in [-0.39, 0.29) is 0 Å². The average molecular weight is 241 g/mol. The Kier molecular flexibility index (Phi) is 2.62. The van der Waals surface area contributed by atoms with Crippen LogP contribution in [0.15, 0.2) is 41.4 Å². The van der Waals surface area contributed by atoms with E-state index in [1.165, 1.54) is 17.5 Å². The molecule has 3 nitrogen and oxygen atoms in total. The molecule has 1 saturated carbocycles. The van der Waals surface area contributed by atoms with E-state index in [2.05, 4.69) is 41.2 Å². The van der Waals surface area contributed by atoms with Gasteiger partial charge in [0.25, 0.3) is 0 Å². The summed E-state index contributed by atoms with van der Waals surface area (Å²) in [5.74, 6) is 1.90. The molecule has 1 aromatic rings. The van der Waals surface area contributed by atoms with E-state index in [0.29, 0.717) is 30.4 Å². The number of benzene rings is 1. The first-order valence-electron chi connectivity index (χ1n) is 6.45. The molecule has 3 heteroatoms. The molecule has 3 N–H and O–H groups in total. The zero-order chi connectivity index (χ0) is 12.7. The number of nitrogens with two attached hydrogens (primary N) is 1. The Hall–Kier alpha value is -1.77. The van der Waals surface area contributed by atoms with Crippen LogP contribution < -0.4 is 11.1 Å². The lowest BCUT2D eigenvalue weighted by Gasteiger charge is -2.10. The van der Waals surface area contributed by atoms with Crippen molar-refractivity contribution < 1.29 is 0 Å². The number of nitrogens with one attached hydrogen (secondary N) is 1. The predicted molar refractivity (Wildman–Crippen MR) is 74.6 cm³/mol. The first-order valence-corrected chi connectivity index (χ1v) is 6.45. The molecule has 3 unspecified atom stereocenters. The van der Waals surface area contributed by atoms with Gasteiger partial charge in [0.1, 0.15) is 0 Å². The highest BCUT2D eigenvalue weighted by atomic mass is 15.1. The minimum Gasteiger partial charge on any atom is -0.370 e. The van der Waals surface area contributed by atoms with Crippen molar-refractivity contribution in [3.8, 4) is 0 Å². The monoisotopic (exact) mass is 241 g/mol. The summed E-state index contributed by atoms with van der Waals surface area (Å²) in [5, 5.41) is 3.34. The van der Waals surface area contributed by atoms with Crippen LogP contribution in [0.1, 0.15) is 24.0 Å². The summed E-state index contributed by atoms with van der Waals surface area (Å²) in [6.45, 7) is 6.38. The molecule has 0 aromatic heterocycles. The van der Waals surface area contributed by atoms with Crippen LogP contribution in [0.4, 0.5) is 0 Å². The van der Waals surface area contributed by atoms with Gasteiger partial charge in [0.2, 0.25) is 0 Å². The van der Waals surface area contributed by atoms with Gasteiger partial charge in [-0.25, -0.2) is 4.99 Å². The lowest BCUT2D eigenvalue weighted by Crippen LogP contribution is -2.35. The Bertz CT molecular complexity index is 518. The fourth-order valence-corrected chi connectivity index (χ4v) is 2.98. The van der Waals surface area contributed by atoms with Crippen molar-refractivity contribution in [2.45, 2.75) is 25.3 Å². The third-order valence-electron chi connectivity index (χ3n) is 3.87. The standard InChI is InChI=1S/C15H19N3/c1-9(2)8-17-15(16)18-14-12-7-10-5-3-4-6-11(10)13(12)14/h3-6,12-14H,1,7-8H2,2H3,(H3,16,17,18). The number of aliphatic imine (C=N–C) groups is 1. The largest absolute Gasteiger partial charge is 0.370 e. The van der Waals surface area contributed by atoms with Crippen LogP contribution in [0.2, 0.25) is 0 Å². The molecule has 0 spiro atoms. The van der Waals surface area contributed by atoms with E-state index >= 15 is 0 Å². The molecule has 2 aliphatic carbocycles. The summed E-state index contributed by atoms with van der Waals surface area (Å²) in [5.41, 5.74) is 9.91. The smallest absolute Gasteiger partial charge is 0.189 e. The van der Waals surface area contributed by atoms with Crippen LogP contribution in [0.5, 0.6) is 0 Å². The Morgan fingerprint density at radius 2 is 2.28 bits per heavy atom. The van der Waals surface area contributed by atoms with Gasteiger partial charge in [0, 0.05) is 12.0 Å². The maximum Gasteiger partial charge on any atom is 0.189 e. The van der Waals surface area contributed by atoms with Gasteiger partial charge in [-0.2, -0.15) is 0 Å². The first-order chi connectivity index (χ1) is 8.66. The molecular weight excluding hydrogens is 222 g/mol. The molecule has 0 heterocycles. The second kappa shape index (κ2) is 4.16. The summed E-state index contributed by atoms with van der Waals surface area (Å²) in [6.07, 6.45) is 1.17. The number of guanidine groups is 1. The van der Waals surface area contributed by atoms with Gasteiger partial charge < -0.3 is 11.1 Å². The van der Waals surface area contributed by atoms with E-state index in [4.69, 9.17) is 5.73 Å². The zero-order valence-electron chi connectivity index (χ0n) is 10.7. The molecule has 3 atom stereocenters. The van der Waals surface area contributed by atoms with E-state index in [0.717, 1.165) is 5.57 Å². The number of rotatable bonds is 3.